The van der Waals surface area contributed by atoms with Crippen molar-refractivity contribution in [3.8, 4) is 17.6 Å². The van der Waals surface area contributed by atoms with Crippen molar-refractivity contribution in [3.63, 3.8) is 0 Å². The van der Waals surface area contributed by atoms with E-state index in [2.05, 4.69) is 6.07 Å². The number of hydrogen-bond donors (Lipinski definition) is 0. The lowest BCUT2D eigenvalue weighted by atomic mass is 10.2. The van der Waals surface area contributed by atoms with E-state index in [-0.39, 0.29) is 0 Å². The third-order valence-electron chi connectivity index (χ3n) is 2.23. The molecule has 0 heterocycles. The molecule has 0 amide bonds. The van der Waals surface area contributed by atoms with Crippen LogP contribution in [0.25, 0.3) is 0 Å². The van der Waals surface area contributed by atoms with Crippen molar-refractivity contribution < 1.29 is 18.9 Å². The van der Waals surface area contributed by atoms with Crippen LogP contribution in [0.3, 0.4) is 0 Å². The molecule has 0 atom stereocenters. The summed E-state index contributed by atoms with van der Waals surface area (Å²) in [5.74, 6) is 1.16. The molecule has 0 aliphatic carbocycles. The molecule has 0 spiro atoms. The minimum atomic E-state index is 0.381. The highest BCUT2D eigenvalue weighted by molar-refractivity contribution is 5.47. The summed E-state index contributed by atoms with van der Waals surface area (Å²) in [6.07, 6.45) is 0. The Balaban J connectivity index is 2.43. The van der Waals surface area contributed by atoms with Crippen molar-refractivity contribution in [1.29, 1.82) is 5.26 Å². The van der Waals surface area contributed by atoms with Gasteiger partial charge in [0, 0.05) is 13.2 Å². The minimum Gasteiger partial charge on any atom is -0.497 e. The molecule has 0 aliphatic rings. The molecule has 0 unspecified atom stereocenters. The summed E-state index contributed by atoms with van der Waals surface area (Å²) in [6.45, 7) is 1.92. The van der Waals surface area contributed by atoms with Gasteiger partial charge < -0.3 is 18.9 Å². The van der Waals surface area contributed by atoms with Crippen LogP contribution in [0.2, 0.25) is 0 Å². The van der Waals surface area contributed by atoms with Gasteiger partial charge in [0.1, 0.15) is 24.2 Å². The Kier molecular flexibility index (Phi) is 6.62. The SMILES string of the molecule is COCCOCCOc1cc(OC)ccc1C#N. The zero-order valence-electron chi connectivity index (χ0n) is 10.6. The van der Waals surface area contributed by atoms with Crippen molar-refractivity contribution >= 4 is 0 Å². The molecule has 18 heavy (non-hydrogen) atoms. The number of benzene rings is 1. The lowest BCUT2D eigenvalue weighted by Crippen LogP contribution is -2.10. The van der Waals surface area contributed by atoms with E-state index in [0.29, 0.717) is 43.5 Å². The van der Waals surface area contributed by atoms with Gasteiger partial charge in [-0.3, -0.25) is 0 Å². The van der Waals surface area contributed by atoms with E-state index in [1.165, 1.54) is 0 Å². The van der Waals surface area contributed by atoms with Gasteiger partial charge in [0.2, 0.25) is 0 Å². The average molecular weight is 251 g/mol. The third-order valence-corrected chi connectivity index (χ3v) is 2.23. The molecule has 0 aliphatic heterocycles. The molecule has 0 N–H and O–H groups in total. The fourth-order valence-electron chi connectivity index (χ4n) is 1.30. The number of nitrogens with zero attached hydrogens (tertiary/aromatic N) is 1. The lowest BCUT2D eigenvalue weighted by molar-refractivity contribution is 0.0543. The van der Waals surface area contributed by atoms with Crippen LogP contribution in [0.4, 0.5) is 0 Å². The van der Waals surface area contributed by atoms with Crippen LogP contribution < -0.4 is 9.47 Å². The molecule has 1 aromatic rings. The van der Waals surface area contributed by atoms with Gasteiger partial charge in [-0.15, -0.1) is 0 Å². The fourth-order valence-corrected chi connectivity index (χ4v) is 1.30. The standard InChI is InChI=1S/C13H17NO4/c1-15-5-6-17-7-8-18-13-9-12(16-2)4-3-11(13)10-14/h3-4,9H,5-8H2,1-2H3. The molecule has 1 rings (SSSR count). The maximum atomic E-state index is 8.94. The van der Waals surface area contributed by atoms with Crippen molar-refractivity contribution in [3.05, 3.63) is 23.8 Å². The monoisotopic (exact) mass is 251 g/mol. The van der Waals surface area contributed by atoms with Gasteiger partial charge in [-0.25, -0.2) is 0 Å². The summed E-state index contributed by atoms with van der Waals surface area (Å²) in [7, 11) is 3.19. The van der Waals surface area contributed by atoms with Crippen LogP contribution in [0.5, 0.6) is 11.5 Å². The van der Waals surface area contributed by atoms with Crippen LogP contribution in [-0.2, 0) is 9.47 Å². The first kappa shape index (κ1) is 14.3. The first-order valence-electron chi connectivity index (χ1n) is 5.59. The van der Waals surface area contributed by atoms with Crippen LogP contribution in [-0.4, -0.2) is 40.6 Å². The Bertz CT molecular complexity index is 400. The van der Waals surface area contributed by atoms with Gasteiger partial charge >= 0.3 is 0 Å². The van der Waals surface area contributed by atoms with Crippen LogP contribution in [0.15, 0.2) is 18.2 Å². The summed E-state index contributed by atoms with van der Waals surface area (Å²) in [5, 5.41) is 8.94. The van der Waals surface area contributed by atoms with Crippen molar-refractivity contribution in [2.24, 2.45) is 0 Å². The van der Waals surface area contributed by atoms with Gasteiger partial charge in [-0.05, 0) is 12.1 Å². The van der Waals surface area contributed by atoms with Gasteiger partial charge in [-0.1, -0.05) is 0 Å². The summed E-state index contributed by atoms with van der Waals surface area (Å²) < 4.78 is 20.7. The maximum absolute atomic E-state index is 8.94. The Morgan fingerprint density at radius 3 is 2.56 bits per heavy atom. The largest absolute Gasteiger partial charge is 0.497 e. The predicted octanol–water partition coefficient (Wildman–Crippen LogP) is 1.61. The smallest absolute Gasteiger partial charge is 0.140 e. The molecule has 1 aromatic carbocycles. The molecule has 98 valence electrons. The molecule has 0 fully saturated rings. The van der Waals surface area contributed by atoms with E-state index in [1.54, 1.807) is 32.4 Å². The molecule has 0 radical (unpaired) electrons. The Morgan fingerprint density at radius 1 is 1.11 bits per heavy atom. The third kappa shape index (κ3) is 4.62. The number of hydrogen-bond acceptors (Lipinski definition) is 5. The predicted molar refractivity (Wildman–Crippen MR) is 65.9 cm³/mol. The summed E-state index contributed by atoms with van der Waals surface area (Å²) in [5.41, 5.74) is 0.479. The Labute approximate surface area is 107 Å². The second-order valence-corrected chi connectivity index (χ2v) is 3.43. The highest BCUT2D eigenvalue weighted by Gasteiger charge is 2.05. The Morgan fingerprint density at radius 2 is 1.89 bits per heavy atom. The van der Waals surface area contributed by atoms with Gasteiger partial charge in [0.15, 0.2) is 0 Å². The highest BCUT2D eigenvalue weighted by atomic mass is 16.5. The molecule has 5 heteroatoms. The van der Waals surface area contributed by atoms with Crippen molar-refractivity contribution in [1.82, 2.24) is 0 Å². The zero-order chi connectivity index (χ0) is 13.2. The normalized spacial score (nSPS) is 9.83. The molecule has 5 nitrogen and oxygen atoms in total. The molecule has 0 aromatic heterocycles. The number of ether oxygens (including phenoxy) is 4. The first-order valence-corrected chi connectivity index (χ1v) is 5.59. The fraction of sp³-hybridized carbons (Fsp3) is 0.462. The molecule has 0 saturated heterocycles. The van der Waals surface area contributed by atoms with E-state index >= 15 is 0 Å². The van der Waals surface area contributed by atoms with Crippen LogP contribution in [0.1, 0.15) is 5.56 Å². The molecular formula is C13H17NO4. The zero-order valence-corrected chi connectivity index (χ0v) is 10.6. The van der Waals surface area contributed by atoms with Gasteiger partial charge in [0.25, 0.3) is 0 Å². The first-order chi connectivity index (χ1) is 8.81. The average Bonchev–Trinajstić information content (AvgIpc) is 2.42. The van der Waals surface area contributed by atoms with E-state index in [0.717, 1.165) is 0 Å². The summed E-state index contributed by atoms with van der Waals surface area (Å²) >= 11 is 0. The highest BCUT2D eigenvalue weighted by Crippen LogP contribution is 2.23. The number of methoxy groups -OCH3 is 2. The molecular weight excluding hydrogens is 234 g/mol. The minimum absolute atomic E-state index is 0.381. The van der Waals surface area contributed by atoms with E-state index in [4.69, 9.17) is 24.2 Å². The van der Waals surface area contributed by atoms with E-state index in [1.807, 2.05) is 0 Å². The van der Waals surface area contributed by atoms with Crippen molar-refractivity contribution in [2.75, 3.05) is 40.6 Å². The Hall–Kier alpha value is -1.77. The second-order valence-electron chi connectivity index (χ2n) is 3.43. The lowest BCUT2D eigenvalue weighted by Gasteiger charge is -2.09. The van der Waals surface area contributed by atoms with Crippen LogP contribution >= 0.6 is 0 Å². The van der Waals surface area contributed by atoms with E-state index < -0.39 is 0 Å². The molecule has 0 saturated carbocycles. The van der Waals surface area contributed by atoms with E-state index in [9.17, 15) is 0 Å². The second kappa shape index (κ2) is 8.34. The maximum Gasteiger partial charge on any atom is 0.140 e. The van der Waals surface area contributed by atoms with Gasteiger partial charge in [-0.2, -0.15) is 5.26 Å². The quantitative estimate of drug-likeness (QED) is 0.657. The van der Waals surface area contributed by atoms with Gasteiger partial charge in [0.05, 0.1) is 32.5 Å². The summed E-state index contributed by atoms with van der Waals surface area (Å²) in [6, 6.07) is 7.14. The topological polar surface area (TPSA) is 60.7 Å². The summed E-state index contributed by atoms with van der Waals surface area (Å²) in [4.78, 5) is 0. The number of rotatable bonds is 8. The number of nitriles is 1. The van der Waals surface area contributed by atoms with Crippen LogP contribution in [0, 0.1) is 11.3 Å². The molecule has 0 bridgehead atoms. The van der Waals surface area contributed by atoms with Crippen molar-refractivity contribution in [2.45, 2.75) is 0 Å².